The predicted molar refractivity (Wildman–Crippen MR) is 92.1 cm³/mol. The maximum Gasteiger partial charge on any atom is 0.254 e. The summed E-state index contributed by atoms with van der Waals surface area (Å²) in [5, 5.41) is 11.3. The molecule has 1 aromatic rings. The third-order valence-corrected chi connectivity index (χ3v) is 5.67. The Labute approximate surface area is 140 Å². The molecule has 0 unspecified atom stereocenters. The molecule has 5 heteroatoms. The highest BCUT2D eigenvalue weighted by molar-refractivity contribution is 7.99. The van der Waals surface area contributed by atoms with E-state index in [0.717, 1.165) is 28.5 Å². The van der Waals surface area contributed by atoms with Crippen molar-refractivity contribution in [2.45, 2.75) is 24.9 Å². The summed E-state index contributed by atoms with van der Waals surface area (Å²) in [6.45, 7) is 1.25. The molecule has 2 aliphatic rings. The quantitative estimate of drug-likeness (QED) is 0.900. The number of halogens is 1. The molecule has 0 radical (unpaired) electrons. The van der Waals surface area contributed by atoms with Gasteiger partial charge in [-0.1, -0.05) is 29.8 Å². The molecular weight excluding hydrogens is 318 g/mol. The molecule has 0 aliphatic carbocycles. The van der Waals surface area contributed by atoms with Crippen LogP contribution in [-0.2, 0) is 4.79 Å². The van der Waals surface area contributed by atoms with Crippen LogP contribution < -0.4 is 0 Å². The number of carbonyl (C=O) groups is 1. The molecule has 1 aromatic carbocycles. The molecule has 3 nitrogen and oxygen atoms in total. The number of hydrogen-bond donors (Lipinski definition) is 1. The minimum atomic E-state index is -1.14. The normalized spacial score (nSPS) is 21.4. The van der Waals surface area contributed by atoms with Gasteiger partial charge in [0.15, 0.2) is 0 Å². The Morgan fingerprint density at radius 3 is 2.50 bits per heavy atom. The lowest BCUT2D eigenvalue weighted by molar-refractivity contribution is -0.151. The van der Waals surface area contributed by atoms with Crippen LogP contribution in [0.4, 0.5) is 0 Å². The maximum atomic E-state index is 12.6. The molecule has 118 valence electrons. The third-order valence-electron chi connectivity index (χ3n) is 4.43. The van der Waals surface area contributed by atoms with Gasteiger partial charge in [-0.25, -0.2) is 0 Å². The number of amides is 1. The number of thioether (sulfide) groups is 1. The average Bonchev–Trinajstić information content (AvgIpc) is 2.56. The van der Waals surface area contributed by atoms with Crippen molar-refractivity contribution >= 4 is 34.8 Å². The fraction of sp³-hybridized carbons (Fsp3) is 0.471. The summed E-state index contributed by atoms with van der Waals surface area (Å²) in [6, 6.07) is 7.80. The molecule has 1 amide bonds. The molecule has 0 spiro atoms. The Morgan fingerprint density at radius 1 is 1.23 bits per heavy atom. The molecule has 0 bridgehead atoms. The lowest BCUT2D eigenvalue weighted by Gasteiger charge is -2.37. The maximum absolute atomic E-state index is 12.6. The third kappa shape index (κ3) is 3.34. The number of rotatable bonds is 2. The van der Waals surface area contributed by atoms with Crippen molar-refractivity contribution in [2.24, 2.45) is 0 Å². The van der Waals surface area contributed by atoms with E-state index >= 15 is 0 Å². The van der Waals surface area contributed by atoms with Gasteiger partial charge in [-0.05, 0) is 54.0 Å². The second-order valence-corrected chi connectivity index (χ2v) is 7.54. The van der Waals surface area contributed by atoms with E-state index in [-0.39, 0.29) is 5.91 Å². The minimum absolute atomic E-state index is 0.0980. The zero-order valence-corrected chi connectivity index (χ0v) is 14.0. The highest BCUT2D eigenvalue weighted by Crippen LogP contribution is 2.30. The summed E-state index contributed by atoms with van der Waals surface area (Å²) in [5.74, 6) is 1.63. The van der Waals surface area contributed by atoms with Crippen molar-refractivity contribution in [2.75, 3.05) is 24.6 Å². The number of benzene rings is 1. The topological polar surface area (TPSA) is 40.5 Å². The van der Waals surface area contributed by atoms with Crippen molar-refractivity contribution in [1.29, 1.82) is 0 Å². The number of carbonyl (C=O) groups excluding carboxylic acids is 1. The molecule has 22 heavy (non-hydrogen) atoms. The molecule has 2 aliphatic heterocycles. The monoisotopic (exact) mass is 337 g/mol. The largest absolute Gasteiger partial charge is 0.380 e. The van der Waals surface area contributed by atoms with Crippen molar-refractivity contribution in [3.63, 3.8) is 0 Å². The Kier molecular flexibility index (Phi) is 4.81. The minimum Gasteiger partial charge on any atom is -0.380 e. The highest BCUT2D eigenvalue weighted by Gasteiger charge is 2.40. The van der Waals surface area contributed by atoms with Crippen LogP contribution in [0.5, 0.6) is 0 Å². The van der Waals surface area contributed by atoms with Crippen LogP contribution in [-0.4, -0.2) is 46.1 Å². The first kappa shape index (κ1) is 15.9. The first-order chi connectivity index (χ1) is 10.6. The van der Waals surface area contributed by atoms with Gasteiger partial charge in [-0.2, -0.15) is 11.8 Å². The lowest BCUT2D eigenvalue weighted by Crippen LogP contribution is -2.52. The molecule has 1 saturated heterocycles. The molecule has 0 atom stereocenters. The number of hydrogen-bond acceptors (Lipinski definition) is 3. The predicted octanol–water partition coefficient (Wildman–Crippen LogP) is 3.21. The average molecular weight is 338 g/mol. The van der Waals surface area contributed by atoms with E-state index in [1.54, 1.807) is 16.7 Å². The molecule has 0 aromatic heterocycles. The van der Waals surface area contributed by atoms with Gasteiger partial charge >= 0.3 is 0 Å². The van der Waals surface area contributed by atoms with Crippen LogP contribution in [0.1, 0.15) is 24.8 Å². The molecule has 2 heterocycles. The zero-order valence-electron chi connectivity index (χ0n) is 12.4. The van der Waals surface area contributed by atoms with Crippen LogP contribution >= 0.6 is 23.4 Å². The molecule has 0 saturated carbocycles. The Hall–Kier alpha value is -0.970. The van der Waals surface area contributed by atoms with E-state index in [1.807, 2.05) is 24.3 Å². The van der Waals surface area contributed by atoms with Gasteiger partial charge in [-0.15, -0.1) is 0 Å². The van der Waals surface area contributed by atoms with E-state index in [2.05, 4.69) is 6.08 Å². The van der Waals surface area contributed by atoms with Gasteiger partial charge in [0.25, 0.3) is 5.91 Å². The van der Waals surface area contributed by atoms with Gasteiger partial charge < -0.3 is 10.0 Å². The Balaban J connectivity index is 1.67. The summed E-state index contributed by atoms with van der Waals surface area (Å²) in [6.07, 6.45) is 4.05. The SMILES string of the molecule is O=C(N1CC=C(c2ccc(Cl)cc2)CC1)C1(O)CCSCC1. The van der Waals surface area contributed by atoms with Crippen LogP contribution in [0.15, 0.2) is 30.3 Å². The van der Waals surface area contributed by atoms with Crippen LogP contribution in [0.25, 0.3) is 5.57 Å². The van der Waals surface area contributed by atoms with E-state index in [0.29, 0.717) is 25.9 Å². The van der Waals surface area contributed by atoms with Crippen molar-refractivity contribution in [3.8, 4) is 0 Å². The van der Waals surface area contributed by atoms with Gasteiger partial charge in [0.05, 0.1) is 0 Å². The second kappa shape index (κ2) is 6.65. The zero-order chi connectivity index (χ0) is 15.6. The summed E-state index contributed by atoms with van der Waals surface area (Å²) < 4.78 is 0. The molecule has 1 fully saturated rings. The van der Waals surface area contributed by atoms with E-state index in [1.165, 1.54) is 5.57 Å². The molecular formula is C17H20ClNO2S. The summed E-state index contributed by atoms with van der Waals surface area (Å²) in [5.41, 5.74) is 1.26. The summed E-state index contributed by atoms with van der Waals surface area (Å²) in [4.78, 5) is 14.4. The standard InChI is InChI=1S/C17H20ClNO2S/c18-15-3-1-13(2-4-15)14-5-9-19(10-6-14)16(20)17(21)7-11-22-12-8-17/h1-5,21H,6-12H2. The van der Waals surface area contributed by atoms with Gasteiger partial charge in [-0.3, -0.25) is 4.79 Å². The van der Waals surface area contributed by atoms with E-state index in [4.69, 9.17) is 11.6 Å². The number of nitrogens with zero attached hydrogens (tertiary/aromatic N) is 1. The first-order valence-corrected chi connectivity index (χ1v) is 9.16. The fourth-order valence-electron chi connectivity index (χ4n) is 3.00. The van der Waals surface area contributed by atoms with Crippen LogP contribution in [0.2, 0.25) is 5.02 Å². The highest BCUT2D eigenvalue weighted by atomic mass is 35.5. The Morgan fingerprint density at radius 2 is 1.91 bits per heavy atom. The van der Waals surface area contributed by atoms with Gasteiger partial charge in [0, 0.05) is 18.1 Å². The van der Waals surface area contributed by atoms with E-state index in [9.17, 15) is 9.90 Å². The first-order valence-electron chi connectivity index (χ1n) is 7.63. The van der Waals surface area contributed by atoms with E-state index < -0.39 is 5.60 Å². The summed E-state index contributed by atoms with van der Waals surface area (Å²) in [7, 11) is 0. The van der Waals surface area contributed by atoms with Crippen molar-refractivity contribution in [3.05, 3.63) is 40.9 Å². The van der Waals surface area contributed by atoms with Crippen LogP contribution in [0, 0.1) is 0 Å². The smallest absolute Gasteiger partial charge is 0.254 e. The van der Waals surface area contributed by atoms with Gasteiger partial charge in [0.2, 0.25) is 0 Å². The summed E-state index contributed by atoms with van der Waals surface area (Å²) >= 11 is 7.72. The second-order valence-electron chi connectivity index (χ2n) is 5.88. The van der Waals surface area contributed by atoms with Crippen molar-refractivity contribution < 1.29 is 9.90 Å². The van der Waals surface area contributed by atoms with Crippen molar-refractivity contribution in [1.82, 2.24) is 4.90 Å². The molecule has 3 rings (SSSR count). The number of aliphatic hydroxyl groups is 1. The fourth-order valence-corrected chi connectivity index (χ4v) is 4.29. The molecule has 1 N–H and O–H groups in total. The van der Waals surface area contributed by atoms with Gasteiger partial charge in [0.1, 0.15) is 5.60 Å². The Bertz CT molecular complexity index is 579. The lowest BCUT2D eigenvalue weighted by atomic mass is 9.93. The van der Waals surface area contributed by atoms with Crippen LogP contribution in [0.3, 0.4) is 0 Å².